The number of halogens is 1. The number of nitrogens with zero attached hydrogens (tertiary/aromatic N) is 1. The average Bonchev–Trinajstić information content (AvgIpc) is 2.92. The van der Waals surface area contributed by atoms with Crippen LogP contribution in [-0.2, 0) is 14.3 Å². The minimum absolute atomic E-state index is 0.221. The van der Waals surface area contributed by atoms with E-state index in [0.717, 1.165) is 21.2 Å². The lowest BCUT2D eigenvalue weighted by Gasteiger charge is -2.10. The lowest BCUT2D eigenvalue weighted by Crippen LogP contribution is -2.05. The van der Waals surface area contributed by atoms with Gasteiger partial charge in [0.25, 0.3) is 0 Å². The molecule has 0 bridgehead atoms. The van der Waals surface area contributed by atoms with E-state index in [1.807, 2.05) is 50.2 Å². The van der Waals surface area contributed by atoms with Gasteiger partial charge in [-0.15, -0.1) is 0 Å². The molecular formula is C20H16BrNO4. The highest BCUT2D eigenvalue weighted by atomic mass is 79.9. The number of cyclic esters (lactones) is 1. The van der Waals surface area contributed by atoms with Crippen molar-refractivity contribution in [2.75, 3.05) is 0 Å². The van der Waals surface area contributed by atoms with E-state index in [9.17, 15) is 9.59 Å². The molecule has 0 saturated heterocycles. The maximum atomic E-state index is 12.1. The second-order valence-corrected chi connectivity index (χ2v) is 6.84. The first-order valence-corrected chi connectivity index (χ1v) is 8.71. The van der Waals surface area contributed by atoms with Gasteiger partial charge in [0.05, 0.1) is 0 Å². The van der Waals surface area contributed by atoms with Crippen molar-refractivity contribution in [1.29, 1.82) is 0 Å². The van der Waals surface area contributed by atoms with Gasteiger partial charge in [-0.2, -0.15) is 0 Å². The smallest absolute Gasteiger partial charge is 0.363 e. The monoisotopic (exact) mass is 413 g/mol. The van der Waals surface area contributed by atoms with E-state index < -0.39 is 5.97 Å². The number of hydrogen-bond acceptors (Lipinski definition) is 5. The largest absolute Gasteiger partial charge is 0.426 e. The predicted octanol–water partition coefficient (Wildman–Crippen LogP) is 4.34. The Morgan fingerprint density at radius 3 is 2.50 bits per heavy atom. The first-order valence-electron chi connectivity index (χ1n) is 7.91. The average molecular weight is 414 g/mol. The van der Waals surface area contributed by atoms with Crippen LogP contribution in [0.2, 0.25) is 0 Å². The molecule has 132 valence electrons. The Hall–Kier alpha value is -2.73. The third kappa shape index (κ3) is 3.91. The number of rotatable bonds is 3. The van der Waals surface area contributed by atoms with Gasteiger partial charge >= 0.3 is 11.9 Å². The Kier molecular flexibility index (Phi) is 5.04. The second-order valence-electron chi connectivity index (χ2n) is 5.92. The normalized spacial score (nSPS) is 15.0. The zero-order valence-electron chi connectivity index (χ0n) is 14.5. The summed E-state index contributed by atoms with van der Waals surface area (Å²) >= 11 is 3.39. The summed E-state index contributed by atoms with van der Waals surface area (Å²) in [5.41, 5.74) is 3.32. The summed E-state index contributed by atoms with van der Waals surface area (Å²) in [6, 6.07) is 11.0. The molecule has 0 amide bonds. The number of benzene rings is 2. The highest BCUT2D eigenvalue weighted by molar-refractivity contribution is 9.10. The van der Waals surface area contributed by atoms with Gasteiger partial charge < -0.3 is 9.47 Å². The number of aryl methyl sites for hydroxylation is 2. The summed E-state index contributed by atoms with van der Waals surface area (Å²) in [5.74, 6) is -0.0659. The minimum Gasteiger partial charge on any atom is -0.426 e. The maximum absolute atomic E-state index is 12.1. The highest BCUT2D eigenvalue weighted by Gasteiger charge is 2.24. The SMILES string of the molecule is CC(=O)Oc1c(C)cc(/C=C2\N=C(c3cccc(Br)c3)OC2=O)cc1C. The first-order chi connectivity index (χ1) is 12.3. The van der Waals surface area contributed by atoms with Crippen LogP contribution in [0.5, 0.6) is 5.75 Å². The van der Waals surface area contributed by atoms with Crippen LogP contribution in [0.4, 0.5) is 0 Å². The van der Waals surface area contributed by atoms with Crippen molar-refractivity contribution in [3.05, 3.63) is 68.8 Å². The van der Waals surface area contributed by atoms with Gasteiger partial charge in [-0.25, -0.2) is 9.79 Å². The van der Waals surface area contributed by atoms with Crippen LogP contribution < -0.4 is 4.74 Å². The Morgan fingerprint density at radius 2 is 1.88 bits per heavy atom. The topological polar surface area (TPSA) is 65.0 Å². The van der Waals surface area contributed by atoms with Crippen LogP contribution >= 0.6 is 15.9 Å². The molecule has 0 radical (unpaired) electrons. The molecule has 0 atom stereocenters. The van der Waals surface area contributed by atoms with Gasteiger partial charge in [0.15, 0.2) is 5.70 Å². The summed E-state index contributed by atoms with van der Waals surface area (Å²) < 4.78 is 11.4. The van der Waals surface area contributed by atoms with Crippen molar-refractivity contribution >= 4 is 39.8 Å². The molecule has 2 aromatic rings. The lowest BCUT2D eigenvalue weighted by atomic mass is 10.0. The summed E-state index contributed by atoms with van der Waals surface area (Å²) in [4.78, 5) is 27.7. The van der Waals surface area contributed by atoms with Crippen molar-refractivity contribution in [1.82, 2.24) is 0 Å². The van der Waals surface area contributed by atoms with E-state index in [1.165, 1.54) is 6.92 Å². The molecule has 6 heteroatoms. The summed E-state index contributed by atoms with van der Waals surface area (Å²) in [6.07, 6.45) is 1.66. The van der Waals surface area contributed by atoms with Gasteiger partial charge in [0.1, 0.15) is 5.75 Å². The maximum Gasteiger partial charge on any atom is 0.363 e. The first kappa shape index (κ1) is 18.1. The fraction of sp³-hybridized carbons (Fsp3) is 0.150. The van der Waals surface area contributed by atoms with Crippen molar-refractivity contribution in [2.24, 2.45) is 4.99 Å². The number of ether oxygens (including phenoxy) is 2. The molecule has 0 N–H and O–H groups in total. The summed E-state index contributed by atoms with van der Waals surface area (Å²) in [7, 11) is 0. The standard InChI is InChI=1S/C20H16BrNO4/c1-11-7-14(8-12(2)18(11)25-13(3)23)9-17-20(24)26-19(22-17)15-5-4-6-16(21)10-15/h4-10H,1-3H3/b17-9-. The van der Waals surface area contributed by atoms with E-state index >= 15 is 0 Å². The number of carbonyl (C=O) groups excluding carboxylic acids is 2. The van der Waals surface area contributed by atoms with E-state index in [4.69, 9.17) is 9.47 Å². The van der Waals surface area contributed by atoms with Crippen LogP contribution in [0.3, 0.4) is 0 Å². The number of carbonyl (C=O) groups is 2. The number of hydrogen-bond donors (Lipinski definition) is 0. The second kappa shape index (κ2) is 7.25. The number of aliphatic imine (C=N–C) groups is 1. The molecule has 26 heavy (non-hydrogen) atoms. The predicted molar refractivity (Wildman–Crippen MR) is 102 cm³/mol. The molecule has 0 saturated carbocycles. The summed E-state index contributed by atoms with van der Waals surface area (Å²) in [6.45, 7) is 5.05. The Morgan fingerprint density at radius 1 is 1.19 bits per heavy atom. The van der Waals surface area contributed by atoms with Crippen molar-refractivity contribution in [3.63, 3.8) is 0 Å². The molecule has 3 rings (SSSR count). The highest BCUT2D eigenvalue weighted by Crippen LogP contribution is 2.27. The van der Waals surface area contributed by atoms with Crippen molar-refractivity contribution < 1.29 is 19.1 Å². The quantitative estimate of drug-likeness (QED) is 0.426. The van der Waals surface area contributed by atoms with Crippen molar-refractivity contribution in [2.45, 2.75) is 20.8 Å². The minimum atomic E-state index is -0.501. The summed E-state index contributed by atoms with van der Waals surface area (Å²) in [5, 5.41) is 0. The zero-order valence-corrected chi connectivity index (χ0v) is 16.1. The van der Waals surface area contributed by atoms with Gasteiger partial charge in [-0.1, -0.05) is 22.0 Å². The van der Waals surface area contributed by atoms with Crippen molar-refractivity contribution in [3.8, 4) is 5.75 Å². The van der Waals surface area contributed by atoms with E-state index in [2.05, 4.69) is 20.9 Å². The van der Waals surface area contributed by atoms with Crippen LogP contribution in [0.25, 0.3) is 6.08 Å². The van der Waals surface area contributed by atoms with E-state index in [-0.39, 0.29) is 17.6 Å². The van der Waals surface area contributed by atoms with E-state index in [1.54, 1.807) is 6.08 Å². The lowest BCUT2D eigenvalue weighted by molar-refractivity contribution is -0.132. The third-order valence-electron chi connectivity index (χ3n) is 3.72. The molecule has 1 heterocycles. The van der Waals surface area contributed by atoms with E-state index in [0.29, 0.717) is 11.3 Å². The Bertz CT molecular complexity index is 953. The molecule has 0 unspecified atom stereocenters. The molecule has 1 aliphatic rings. The molecule has 0 spiro atoms. The van der Waals surface area contributed by atoms with Crippen LogP contribution in [-0.4, -0.2) is 17.8 Å². The van der Waals surface area contributed by atoms with Crippen LogP contribution in [0.15, 0.2) is 51.6 Å². The zero-order chi connectivity index (χ0) is 18.8. The molecule has 0 fully saturated rings. The fourth-order valence-corrected chi connectivity index (χ4v) is 3.08. The molecule has 2 aromatic carbocycles. The number of esters is 2. The molecule has 1 aliphatic heterocycles. The molecular weight excluding hydrogens is 398 g/mol. The molecule has 5 nitrogen and oxygen atoms in total. The molecule has 0 aliphatic carbocycles. The van der Waals surface area contributed by atoms with Gasteiger partial charge in [0.2, 0.25) is 5.90 Å². The Balaban J connectivity index is 1.94. The van der Waals surface area contributed by atoms with Gasteiger partial charge in [0, 0.05) is 17.0 Å². The third-order valence-corrected chi connectivity index (χ3v) is 4.22. The Labute approximate surface area is 159 Å². The van der Waals surface area contributed by atoms with Crippen LogP contribution in [0, 0.1) is 13.8 Å². The molecule has 0 aromatic heterocycles. The van der Waals surface area contributed by atoms with Gasteiger partial charge in [-0.05, 0) is 66.9 Å². The van der Waals surface area contributed by atoms with Gasteiger partial charge in [-0.3, -0.25) is 4.79 Å². The fourth-order valence-electron chi connectivity index (χ4n) is 2.68. The van der Waals surface area contributed by atoms with Crippen LogP contribution in [0.1, 0.15) is 29.2 Å².